The van der Waals surface area contributed by atoms with Gasteiger partial charge in [-0.15, -0.1) is 5.98 Å². The Hall–Kier alpha value is -3.74. The van der Waals surface area contributed by atoms with Crippen molar-refractivity contribution in [1.82, 2.24) is 14.6 Å². The van der Waals surface area contributed by atoms with Crippen molar-refractivity contribution < 1.29 is 33.0 Å². The number of benzene rings is 2. The Kier molecular flexibility index (Phi) is 10.1. The lowest BCUT2D eigenvalue weighted by Gasteiger charge is -2.24. The Morgan fingerprint density at radius 3 is 2.59 bits per heavy atom. The number of aliphatic hydroxyl groups excluding tert-OH is 1. The van der Waals surface area contributed by atoms with Crippen LogP contribution in [0.2, 0.25) is 0 Å². The van der Waals surface area contributed by atoms with Gasteiger partial charge in [0.2, 0.25) is 0 Å². The van der Waals surface area contributed by atoms with Gasteiger partial charge >= 0.3 is 19.4 Å². The maximum atomic E-state index is 13.8. The first-order valence-corrected chi connectivity index (χ1v) is 14.3. The van der Waals surface area contributed by atoms with E-state index in [9.17, 15) is 24.1 Å². The summed E-state index contributed by atoms with van der Waals surface area (Å²) in [6, 6.07) is 16.2. The first-order chi connectivity index (χ1) is 19.7. The number of nitrogens with zero attached hydrogens (tertiary/aromatic N) is 1. The van der Waals surface area contributed by atoms with E-state index < -0.39 is 56.0 Å². The third-order valence-electron chi connectivity index (χ3n) is 6.09. The molecule has 1 aromatic heterocycles. The minimum absolute atomic E-state index is 0.0206. The molecule has 41 heavy (non-hydrogen) atoms. The second kappa shape index (κ2) is 13.8. The first-order valence-electron chi connectivity index (χ1n) is 12.7. The van der Waals surface area contributed by atoms with Gasteiger partial charge < -0.3 is 19.1 Å². The maximum Gasteiger partial charge on any atom is 0.459 e. The van der Waals surface area contributed by atoms with E-state index in [1.807, 2.05) is 18.2 Å². The van der Waals surface area contributed by atoms with Crippen molar-refractivity contribution in [1.29, 1.82) is 0 Å². The van der Waals surface area contributed by atoms with Crippen LogP contribution in [0, 0.1) is 0 Å². The number of aromatic amines is 1. The van der Waals surface area contributed by atoms with Crippen molar-refractivity contribution in [3.05, 3.63) is 105 Å². The molecule has 5 atom stereocenters. The number of aliphatic hydroxyl groups is 1. The molecule has 1 aliphatic rings. The third-order valence-corrected chi connectivity index (χ3v) is 7.74. The molecular weight excluding hydrogens is 552 g/mol. The molecule has 0 aliphatic carbocycles. The van der Waals surface area contributed by atoms with E-state index in [1.54, 1.807) is 42.5 Å². The van der Waals surface area contributed by atoms with Gasteiger partial charge in [0.1, 0.15) is 38.6 Å². The zero-order chi connectivity index (χ0) is 29.4. The molecule has 0 spiro atoms. The molecule has 0 bridgehead atoms. The molecule has 1 saturated heterocycles. The van der Waals surface area contributed by atoms with Crippen LogP contribution in [-0.2, 0) is 30.0 Å². The van der Waals surface area contributed by atoms with Crippen LogP contribution in [0.15, 0.2) is 82.4 Å². The highest BCUT2D eigenvalue weighted by molar-refractivity contribution is 7.52. The molecule has 3 aromatic rings. The molecule has 5 unspecified atom stereocenters. The monoisotopic (exact) mass is 581 g/mol. The average Bonchev–Trinajstić information content (AvgIpc) is 3.33. The van der Waals surface area contributed by atoms with Crippen molar-refractivity contribution in [2.75, 3.05) is 6.61 Å². The zero-order valence-electron chi connectivity index (χ0n) is 22.1. The number of hydrogen-bond acceptors (Lipinski definition) is 9. The molecule has 3 N–H and O–H groups in total. The van der Waals surface area contributed by atoms with Crippen LogP contribution in [0.5, 0.6) is 5.75 Å². The van der Waals surface area contributed by atoms with E-state index in [0.29, 0.717) is 0 Å². The van der Waals surface area contributed by atoms with Crippen LogP contribution in [-0.4, -0.2) is 53.3 Å². The minimum atomic E-state index is -4.23. The van der Waals surface area contributed by atoms with Gasteiger partial charge in [0.05, 0.1) is 18.3 Å². The van der Waals surface area contributed by atoms with Crippen molar-refractivity contribution in [3.63, 3.8) is 0 Å². The number of carbonyl (C=O) groups excluding carboxylic acids is 1. The van der Waals surface area contributed by atoms with Gasteiger partial charge in [-0.05, 0) is 24.6 Å². The summed E-state index contributed by atoms with van der Waals surface area (Å²) < 4.78 is 37.3. The number of carbonyl (C=O) groups is 1. The molecule has 1 fully saturated rings. The van der Waals surface area contributed by atoms with E-state index in [2.05, 4.69) is 10.1 Å². The second-order valence-electron chi connectivity index (χ2n) is 9.18. The predicted octanol–water partition coefficient (Wildman–Crippen LogP) is 2.25. The zero-order valence-corrected chi connectivity index (χ0v) is 23.0. The fraction of sp³-hybridized carbons (Fsp3) is 0.296. The van der Waals surface area contributed by atoms with Gasteiger partial charge in [-0.25, -0.2) is 9.36 Å². The quantitative estimate of drug-likeness (QED) is 0.165. The van der Waals surface area contributed by atoms with E-state index in [-0.39, 0.29) is 24.3 Å². The van der Waals surface area contributed by atoms with Gasteiger partial charge in [0, 0.05) is 12.6 Å². The van der Waals surface area contributed by atoms with E-state index in [1.165, 1.54) is 19.2 Å². The Labute approximate surface area is 236 Å². The second-order valence-corrected chi connectivity index (χ2v) is 10.9. The number of ether oxygens (including phenoxy) is 2. The summed E-state index contributed by atoms with van der Waals surface area (Å²) in [4.78, 5) is 39.2. The number of nitrogens with one attached hydrogen (secondary N) is 2. The molecule has 0 amide bonds. The number of aromatic nitrogens is 2. The summed E-state index contributed by atoms with van der Waals surface area (Å²) in [5, 5.41) is 13.2. The number of hydrogen-bond donors (Lipinski definition) is 3. The minimum Gasteiger partial charge on any atom is -0.460 e. The highest BCUT2D eigenvalue weighted by atomic mass is 31.2. The van der Waals surface area contributed by atoms with Gasteiger partial charge in [-0.2, -0.15) is 5.09 Å². The highest BCUT2D eigenvalue weighted by Crippen LogP contribution is 2.46. The van der Waals surface area contributed by atoms with Crippen molar-refractivity contribution in [2.24, 2.45) is 0 Å². The molecule has 14 heteroatoms. The predicted molar refractivity (Wildman–Crippen MR) is 150 cm³/mol. The normalized spacial score (nSPS) is 20.9. The Balaban J connectivity index is 1.44. The Morgan fingerprint density at radius 1 is 1.22 bits per heavy atom. The lowest BCUT2D eigenvalue weighted by molar-refractivity contribution is -0.146. The third kappa shape index (κ3) is 8.15. The summed E-state index contributed by atoms with van der Waals surface area (Å²) in [5.74, 6) is 0.668. The van der Waals surface area contributed by atoms with Crippen LogP contribution in [0.1, 0.15) is 30.7 Å². The smallest absolute Gasteiger partial charge is 0.459 e. The Morgan fingerprint density at radius 2 is 1.90 bits per heavy atom. The van der Waals surface area contributed by atoms with Gasteiger partial charge in [0.25, 0.3) is 5.56 Å². The fourth-order valence-electron chi connectivity index (χ4n) is 4.00. The molecule has 0 saturated carbocycles. The molecule has 2 aromatic carbocycles. The van der Waals surface area contributed by atoms with E-state index >= 15 is 0 Å². The van der Waals surface area contributed by atoms with Gasteiger partial charge in [-0.1, -0.05) is 54.6 Å². The highest BCUT2D eigenvalue weighted by Gasteiger charge is 2.39. The van der Waals surface area contributed by atoms with Crippen LogP contribution in [0.3, 0.4) is 0 Å². The number of esters is 1. The summed E-state index contributed by atoms with van der Waals surface area (Å²) in [6.07, 6.45) is -0.546. The maximum absolute atomic E-state index is 13.8. The molecule has 214 valence electrons. The number of rotatable bonds is 12. The van der Waals surface area contributed by atoms with Gasteiger partial charge in [-0.3, -0.25) is 23.7 Å². The van der Waals surface area contributed by atoms with E-state index in [0.717, 1.165) is 16.1 Å². The molecular formula is C27H29BN3O9P. The Bertz CT molecular complexity index is 1510. The van der Waals surface area contributed by atoms with Crippen LogP contribution >= 0.6 is 7.75 Å². The van der Waals surface area contributed by atoms with Crippen LogP contribution in [0.4, 0.5) is 0 Å². The molecule has 1 aliphatic heterocycles. The lowest BCUT2D eigenvalue weighted by Crippen LogP contribution is -2.36. The molecule has 2 heterocycles. The summed E-state index contributed by atoms with van der Waals surface area (Å²) in [6.45, 7) is 1.05. The fourth-order valence-corrected chi connectivity index (χ4v) is 5.50. The van der Waals surface area contributed by atoms with Crippen molar-refractivity contribution in [3.8, 4) is 5.75 Å². The number of para-hydroxylation sites is 1. The van der Waals surface area contributed by atoms with Crippen molar-refractivity contribution in [2.45, 2.75) is 44.4 Å². The van der Waals surface area contributed by atoms with Crippen LogP contribution in [0.25, 0.3) is 6.08 Å². The van der Waals surface area contributed by atoms with Crippen LogP contribution < -0.4 is 20.9 Å². The topological polar surface area (TPSA) is 158 Å². The molecule has 2 radical (unpaired) electrons. The van der Waals surface area contributed by atoms with Gasteiger partial charge in [0.15, 0.2) is 0 Å². The van der Waals surface area contributed by atoms with Crippen molar-refractivity contribution >= 4 is 27.6 Å². The summed E-state index contributed by atoms with van der Waals surface area (Å²) in [5.41, 5.74) is -0.482. The first kappa shape index (κ1) is 30.2. The SMILES string of the molecule is [B]/C=C/c1cn(C2CC(O)C(COP(=O)(NC(C)C(=O)OCc3ccccc3)Oc3ccccc3)O2)c(=O)[nH]c1=O. The largest absolute Gasteiger partial charge is 0.460 e. The standard InChI is InChI=1S/C27H29BN3O9P/c1-18(26(34)37-16-19-8-4-2-5-9-19)30-41(36,40-21-10-6-3-7-11-21)38-17-23-22(32)14-24(39-23)31-15-20(12-13-28)25(33)29-27(31)35/h2-13,15,18,22-24,32H,14,16-17H2,1H3,(H,30,36)(H,29,33,35)/b13-12+. The summed E-state index contributed by atoms with van der Waals surface area (Å²) in [7, 11) is 1.13. The average molecular weight is 581 g/mol. The molecule has 4 rings (SSSR count). The number of H-pyrrole nitrogens is 1. The van der Waals surface area contributed by atoms with E-state index in [4.69, 9.17) is 26.4 Å². The molecule has 12 nitrogen and oxygen atoms in total. The summed E-state index contributed by atoms with van der Waals surface area (Å²) >= 11 is 0. The lowest BCUT2D eigenvalue weighted by atomic mass is 10.1.